The van der Waals surface area contributed by atoms with Gasteiger partial charge in [0.05, 0.1) is 10.8 Å². The maximum Gasteiger partial charge on any atom is 0.264 e. The molecule has 4 rings (SSSR count). The molecule has 3 atom stereocenters. The number of carbonyl (C=O) groups excluding carboxylic acids is 1. The van der Waals surface area contributed by atoms with Gasteiger partial charge in [-0.15, -0.1) is 0 Å². The van der Waals surface area contributed by atoms with Gasteiger partial charge in [-0.3, -0.25) is 4.79 Å². The zero-order valence-corrected chi connectivity index (χ0v) is 16.0. The Morgan fingerprint density at radius 1 is 1.04 bits per heavy atom. The number of fused-ring (bicyclic) bond motifs is 2. The van der Waals surface area contributed by atoms with Gasteiger partial charge < -0.3 is 10.1 Å². The highest BCUT2D eigenvalue weighted by molar-refractivity contribution is 7.90. The van der Waals surface area contributed by atoms with Gasteiger partial charge in [0.25, 0.3) is 10.0 Å². The van der Waals surface area contributed by atoms with Gasteiger partial charge in [0.2, 0.25) is 5.91 Å². The summed E-state index contributed by atoms with van der Waals surface area (Å²) in [6, 6.07) is 13.2. The van der Waals surface area contributed by atoms with Crippen molar-refractivity contribution in [2.24, 2.45) is 5.92 Å². The molecule has 2 N–H and O–H groups in total. The Hall–Kier alpha value is -2.09. The third kappa shape index (κ3) is 3.95. The smallest absolute Gasteiger partial charge is 0.264 e. The fraction of sp³-hybridized carbons (Fsp3) is 0.316. The average molecular weight is 407 g/mol. The number of carbonyl (C=O) groups is 1. The van der Waals surface area contributed by atoms with Gasteiger partial charge in [-0.25, -0.2) is 13.1 Å². The normalized spacial score (nSPS) is 24.0. The van der Waals surface area contributed by atoms with Crippen LogP contribution in [0, 0.1) is 5.92 Å². The van der Waals surface area contributed by atoms with Crippen LogP contribution in [-0.2, 0) is 14.8 Å². The quantitative estimate of drug-likeness (QED) is 0.797. The minimum atomic E-state index is -3.91. The van der Waals surface area contributed by atoms with Crippen LogP contribution in [0.3, 0.4) is 0 Å². The molecule has 2 bridgehead atoms. The van der Waals surface area contributed by atoms with E-state index >= 15 is 0 Å². The molecule has 0 saturated carbocycles. The van der Waals surface area contributed by atoms with Gasteiger partial charge in [-0.1, -0.05) is 11.6 Å². The Labute approximate surface area is 162 Å². The van der Waals surface area contributed by atoms with Gasteiger partial charge in [-0.2, -0.15) is 0 Å². The lowest BCUT2D eigenvalue weighted by Crippen LogP contribution is -2.40. The number of rotatable bonds is 5. The van der Waals surface area contributed by atoms with Crippen LogP contribution < -0.4 is 14.8 Å². The van der Waals surface area contributed by atoms with Crippen LogP contribution in [0.1, 0.15) is 19.3 Å². The van der Waals surface area contributed by atoms with E-state index in [1.165, 1.54) is 12.1 Å². The van der Waals surface area contributed by atoms with E-state index in [9.17, 15) is 13.2 Å². The number of amides is 1. The van der Waals surface area contributed by atoms with Crippen LogP contribution in [0.5, 0.6) is 11.5 Å². The summed E-state index contributed by atoms with van der Waals surface area (Å²) in [4.78, 5) is 12.4. The summed E-state index contributed by atoms with van der Waals surface area (Å²) in [5, 5.41) is 3.94. The molecule has 27 heavy (non-hydrogen) atoms. The Morgan fingerprint density at radius 3 is 2.22 bits per heavy atom. The fourth-order valence-corrected chi connectivity index (χ4v) is 4.86. The van der Waals surface area contributed by atoms with Gasteiger partial charge in [0, 0.05) is 17.1 Å². The Kier molecular flexibility index (Phi) is 4.84. The minimum absolute atomic E-state index is 0.0235. The first kappa shape index (κ1) is 18.3. The summed E-state index contributed by atoms with van der Waals surface area (Å²) in [6.45, 7) is 0. The van der Waals surface area contributed by atoms with Crippen molar-refractivity contribution in [3.63, 3.8) is 0 Å². The number of halogens is 1. The van der Waals surface area contributed by atoms with Crippen LogP contribution in [0.15, 0.2) is 53.4 Å². The molecule has 2 saturated heterocycles. The topological polar surface area (TPSA) is 84.5 Å². The van der Waals surface area contributed by atoms with Crippen molar-refractivity contribution in [1.82, 2.24) is 10.0 Å². The number of nitrogens with one attached hydrogen (secondary N) is 2. The molecular weight excluding hydrogens is 388 g/mol. The largest absolute Gasteiger partial charge is 0.457 e. The first-order valence-electron chi connectivity index (χ1n) is 8.77. The van der Waals surface area contributed by atoms with Crippen LogP contribution in [0.4, 0.5) is 0 Å². The lowest BCUT2D eigenvalue weighted by atomic mass is 9.89. The zero-order chi connectivity index (χ0) is 19.0. The van der Waals surface area contributed by atoms with Crippen molar-refractivity contribution >= 4 is 27.5 Å². The molecule has 0 aromatic heterocycles. The van der Waals surface area contributed by atoms with Crippen molar-refractivity contribution in [3.8, 4) is 11.5 Å². The molecule has 0 radical (unpaired) electrons. The van der Waals surface area contributed by atoms with E-state index in [-0.39, 0.29) is 16.9 Å². The second-order valence-electron chi connectivity index (χ2n) is 6.89. The minimum Gasteiger partial charge on any atom is -0.457 e. The van der Waals surface area contributed by atoms with Gasteiger partial charge in [0.1, 0.15) is 11.5 Å². The standard InChI is InChI=1S/C19H19ClN2O4S/c20-12-1-4-14(5-2-12)26-15-6-8-16(9-7-15)27(24,25)22-19(23)17-11-13-3-10-18(17)21-13/h1-2,4-9,13,17-18,21H,3,10-11H2,(H,22,23)/t13-,17+,18+/m0/s1. The number of benzene rings is 2. The highest BCUT2D eigenvalue weighted by atomic mass is 35.5. The molecule has 2 aromatic carbocycles. The second kappa shape index (κ2) is 7.14. The van der Waals surface area contributed by atoms with E-state index in [4.69, 9.17) is 16.3 Å². The molecule has 142 valence electrons. The molecule has 8 heteroatoms. The van der Waals surface area contributed by atoms with Crippen molar-refractivity contribution in [3.05, 3.63) is 53.6 Å². The Balaban J connectivity index is 1.42. The molecule has 2 aliphatic heterocycles. The van der Waals surface area contributed by atoms with Crippen LogP contribution in [-0.4, -0.2) is 26.4 Å². The van der Waals surface area contributed by atoms with E-state index in [1.54, 1.807) is 36.4 Å². The van der Waals surface area contributed by atoms with E-state index in [0.717, 1.165) is 12.8 Å². The third-order valence-electron chi connectivity index (χ3n) is 5.06. The molecule has 1 amide bonds. The molecule has 0 spiro atoms. The molecule has 2 fully saturated rings. The fourth-order valence-electron chi connectivity index (χ4n) is 3.71. The highest BCUT2D eigenvalue weighted by Gasteiger charge is 2.43. The molecule has 2 aliphatic rings. The first-order chi connectivity index (χ1) is 12.9. The van der Waals surface area contributed by atoms with E-state index in [1.807, 2.05) is 0 Å². The molecule has 2 aromatic rings. The highest BCUT2D eigenvalue weighted by Crippen LogP contribution is 2.33. The predicted molar refractivity (Wildman–Crippen MR) is 101 cm³/mol. The van der Waals surface area contributed by atoms with E-state index < -0.39 is 15.9 Å². The van der Waals surface area contributed by atoms with Crippen molar-refractivity contribution < 1.29 is 17.9 Å². The molecular formula is C19H19ClN2O4S. The molecule has 0 aliphatic carbocycles. The summed E-state index contributed by atoms with van der Waals surface area (Å²) in [6.07, 6.45) is 2.66. The van der Waals surface area contributed by atoms with Crippen LogP contribution >= 0.6 is 11.6 Å². The predicted octanol–water partition coefficient (Wildman–Crippen LogP) is 3.08. The molecule has 0 unspecified atom stereocenters. The van der Waals surface area contributed by atoms with E-state index in [2.05, 4.69) is 10.0 Å². The summed E-state index contributed by atoms with van der Waals surface area (Å²) >= 11 is 5.83. The summed E-state index contributed by atoms with van der Waals surface area (Å²) in [5.41, 5.74) is 0. The van der Waals surface area contributed by atoms with Crippen LogP contribution in [0.2, 0.25) is 5.02 Å². The SMILES string of the molecule is O=C(NS(=O)(=O)c1ccc(Oc2ccc(Cl)cc2)cc1)[C@@H]1C[C@@H]2CC[C@H]1N2. The summed E-state index contributed by atoms with van der Waals surface area (Å²) in [5.74, 6) is 0.356. The van der Waals surface area contributed by atoms with Gasteiger partial charge in [0.15, 0.2) is 0 Å². The molecule has 6 nitrogen and oxygen atoms in total. The number of hydrogen-bond acceptors (Lipinski definition) is 5. The van der Waals surface area contributed by atoms with E-state index in [0.29, 0.717) is 29.0 Å². The number of sulfonamides is 1. The van der Waals surface area contributed by atoms with Crippen molar-refractivity contribution in [2.75, 3.05) is 0 Å². The van der Waals surface area contributed by atoms with Gasteiger partial charge >= 0.3 is 0 Å². The van der Waals surface area contributed by atoms with Gasteiger partial charge in [-0.05, 0) is 67.8 Å². The average Bonchev–Trinajstić information content (AvgIpc) is 3.27. The third-order valence-corrected chi connectivity index (χ3v) is 6.67. The monoisotopic (exact) mass is 406 g/mol. The number of hydrogen-bond donors (Lipinski definition) is 2. The van der Waals surface area contributed by atoms with Crippen LogP contribution in [0.25, 0.3) is 0 Å². The summed E-state index contributed by atoms with van der Waals surface area (Å²) < 4.78 is 32.9. The van der Waals surface area contributed by atoms with Crippen molar-refractivity contribution in [2.45, 2.75) is 36.2 Å². The molecule has 2 heterocycles. The summed E-state index contributed by atoms with van der Waals surface area (Å²) in [7, 11) is -3.91. The lowest BCUT2D eigenvalue weighted by Gasteiger charge is -2.19. The van der Waals surface area contributed by atoms with Crippen molar-refractivity contribution in [1.29, 1.82) is 0 Å². The second-order valence-corrected chi connectivity index (χ2v) is 9.01. The maximum absolute atomic E-state index is 12.5. The first-order valence-corrected chi connectivity index (χ1v) is 10.6. The lowest BCUT2D eigenvalue weighted by molar-refractivity contribution is -0.123. The Morgan fingerprint density at radius 2 is 1.67 bits per heavy atom. The Bertz CT molecular complexity index is 945. The zero-order valence-electron chi connectivity index (χ0n) is 14.4. The number of ether oxygens (including phenoxy) is 1. The maximum atomic E-state index is 12.5.